The first kappa shape index (κ1) is 16.3. The van der Waals surface area contributed by atoms with Gasteiger partial charge in [-0.15, -0.1) is 0 Å². The average molecular weight is 337 g/mol. The fraction of sp³-hybridized carbons (Fsp3) is 0.125. The van der Waals surface area contributed by atoms with Crippen LogP contribution in [0, 0.1) is 6.92 Å². The lowest BCUT2D eigenvalue weighted by molar-refractivity contribution is -0.136. The summed E-state index contributed by atoms with van der Waals surface area (Å²) >= 11 is 11.8. The summed E-state index contributed by atoms with van der Waals surface area (Å²) in [6.45, 7) is 2.23. The van der Waals surface area contributed by atoms with E-state index in [1.54, 1.807) is 18.2 Å². The van der Waals surface area contributed by atoms with E-state index in [4.69, 9.17) is 23.2 Å². The van der Waals surface area contributed by atoms with Crippen molar-refractivity contribution in [2.24, 2.45) is 0 Å². The quantitative estimate of drug-likeness (QED) is 0.842. The van der Waals surface area contributed by atoms with Crippen LogP contribution < -0.4 is 10.6 Å². The fourth-order valence-corrected chi connectivity index (χ4v) is 2.21. The predicted octanol–water partition coefficient (Wildman–Crippen LogP) is 3.56. The van der Waals surface area contributed by atoms with E-state index in [1.165, 1.54) is 0 Å². The lowest BCUT2D eigenvalue weighted by Crippen LogP contribution is -2.35. The Hall–Kier alpha value is -2.04. The number of halogens is 2. The smallest absolute Gasteiger partial charge is 0.313 e. The van der Waals surface area contributed by atoms with Gasteiger partial charge < -0.3 is 10.6 Å². The number of carbonyl (C=O) groups excluding carboxylic acids is 2. The molecule has 0 saturated heterocycles. The molecule has 6 heteroatoms. The maximum Gasteiger partial charge on any atom is 0.313 e. The highest BCUT2D eigenvalue weighted by atomic mass is 35.5. The second-order valence-corrected chi connectivity index (χ2v) is 5.51. The van der Waals surface area contributed by atoms with Crippen molar-refractivity contribution in [2.75, 3.05) is 5.32 Å². The van der Waals surface area contributed by atoms with Gasteiger partial charge in [0.2, 0.25) is 0 Å². The summed E-state index contributed by atoms with van der Waals surface area (Å²) in [5.41, 5.74) is 2.30. The topological polar surface area (TPSA) is 58.2 Å². The van der Waals surface area contributed by atoms with E-state index >= 15 is 0 Å². The van der Waals surface area contributed by atoms with Crippen LogP contribution in [-0.2, 0) is 16.1 Å². The van der Waals surface area contributed by atoms with Gasteiger partial charge in [-0.1, -0.05) is 59.1 Å². The summed E-state index contributed by atoms with van der Waals surface area (Å²) in [7, 11) is 0. The second-order valence-electron chi connectivity index (χ2n) is 4.73. The Bertz CT molecular complexity index is 717. The number of hydrogen-bond acceptors (Lipinski definition) is 2. The van der Waals surface area contributed by atoms with Crippen molar-refractivity contribution >= 4 is 40.7 Å². The van der Waals surface area contributed by atoms with Crippen LogP contribution in [0.2, 0.25) is 10.0 Å². The first-order valence-corrected chi connectivity index (χ1v) is 7.31. The summed E-state index contributed by atoms with van der Waals surface area (Å²) < 4.78 is 0. The molecule has 0 spiro atoms. The van der Waals surface area contributed by atoms with Gasteiger partial charge in [-0.3, -0.25) is 9.59 Å². The molecule has 22 heavy (non-hydrogen) atoms. The number of nitrogens with one attached hydrogen (secondary N) is 2. The fourth-order valence-electron chi connectivity index (χ4n) is 1.86. The summed E-state index contributed by atoms with van der Waals surface area (Å²) in [5, 5.41) is 5.49. The van der Waals surface area contributed by atoms with Gasteiger partial charge in [0.1, 0.15) is 0 Å². The average Bonchev–Trinajstić information content (AvgIpc) is 2.49. The molecule has 2 rings (SSSR count). The molecule has 0 aromatic heterocycles. The normalized spacial score (nSPS) is 10.1. The molecule has 2 aromatic carbocycles. The van der Waals surface area contributed by atoms with Crippen LogP contribution in [-0.4, -0.2) is 11.8 Å². The molecule has 4 nitrogen and oxygen atoms in total. The minimum Gasteiger partial charge on any atom is -0.344 e. The number of anilines is 1. The molecule has 0 radical (unpaired) electrons. The maximum absolute atomic E-state index is 11.8. The second kappa shape index (κ2) is 7.29. The molecule has 2 aromatic rings. The molecule has 0 bridgehead atoms. The molecular weight excluding hydrogens is 323 g/mol. The highest BCUT2D eigenvalue weighted by Gasteiger charge is 2.15. The van der Waals surface area contributed by atoms with E-state index in [9.17, 15) is 9.59 Å². The summed E-state index contributed by atoms with van der Waals surface area (Å²) in [4.78, 5) is 23.6. The summed E-state index contributed by atoms with van der Waals surface area (Å²) in [5.74, 6) is -1.53. The van der Waals surface area contributed by atoms with Crippen LogP contribution in [0.1, 0.15) is 11.1 Å². The number of hydrogen-bond donors (Lipinski definition) is 2. The van der Waals surface area contributed by atoms with Crippen molar-refractivity contribution < 1.29 is 9.59 Å². The third kappa shape index (κ3) is 4.23. The minimum absolute atomic E-state index is 0.198. The highest BCUT2D eigenvalue weighted by Crippen LogP contribution is 2.29. The molecule has 0 atom stereocenters. The maximum atomic E-state index is 11.8. The molecule has 0 aliphatic heterocycles. The molecule has 0 aliphatic carbocycles. The largest absolute Gasteiger partial charge is 0.344 e. The van der Waals surface area contributed by atoms with E-state index < -0.39 is 11.8 Å². The lowest BCUT2D eigenvalue weighted by Gasteiger charge is -2.09. The van der Waals surface area contributed by atoms with Crippen molar-refractivity contribution in [1.29, 1.82) is 0 Å². The Labute approximate surface area is 138 Å². The summed E-state index contributed by atoms with van der Waals surface area (Å²) in [6.07, 6.45) is 0. The molecule has 0 saturated carbocycles. The van der Waals surface area contributed by atoms with Crippen LogP contribution in [0.25, 0.3) is 0 Å². The van der Waals surface area contributed by atoms with Gasteiger partial charge in [-0.2, -0.15) is 0 Å². The minimum atomic E-state index is -0.795. The molecule has 0 heterocycles. The van der Waals surface area contributed by atoms with Crippen LogP contribution in [0.5, 0.6) is 0 Å². The third-order valence-electron chi connectivity index (χ3n) is 2.94. The van der Waals surface area contributed by atoms with Gasteiger partial charge in [0.15, 0.2) is 0 Å². The number of amides is 2. The highest BCUT2D eigenvalue weighted by molar-refractivity contribution is 6.45. The van der Waals surface area contributed by atoms with E-state index in [2.05, 4.69) is 10.6 Å². The SMILES string of the molecule is Cc1cccc(CNC(=O)C(=O)Nc2cccc(Cl)c2Cl)c1. The van der Waals surface area contributed by atoms with E-state index in [0.29, 0.717) is 10.7 Å². The number of aryl methyl sites for hydroxylation is 1. The van der Waals surface area contributed by atoms with E-state index in [1.807, 2.05) is 31.2 Å². The molecule has 0 unspecified atom stereocenters. The van der Waals surface area contributed by atoms with Crippen LogP contribution >= 0.6 is 23.2 Å². The van der Waals surface area contributed by atoms with Crippen LogP contribution in [0.15, 0.2) is 42.5 Å². The lowest BCUT2D eigenvalue weighted by atomic mass is 10.1. The summed E-state index contributed by atoms with van der Waals surface area (Å²) in [6, 6.07) is 12.5. The van der Waals surface area contributed by atoms with Crippen molar-refractivity contribution in [2.45, 2.75) is 13.5 Å². The van der Waals surface area contributed by atoms with Gasteiger partial charge in [0.05, 0.1) is 15.7 Å². The molecule has 0 fully saturated rings. The zero-order valence-electron chi connectivity index (χ0n) is 11.8. The molecule has 114 valence electrons. The Balaban J connectivity index is 1.95. The Kier molecular flexibility index (Phi) is 5.41. The Morgan fingerprint density at radius 2 is 1.77 bits per heavy atom. The first-order chi connectivity index (χ1) is 10.5. The van der Waals surface area contributed by atoms with Crippen molar-refractivity contribution in [1.82, 2.24) is 5.32 Å². The predicted molar refractivity (Wildman–Crippen MR) is 88.1 cm³/mol. The molecular formula is C16H14Cl2N2O2. The zero-order valence-corrected chi connectivity index (χ0v) is 13.3. The van der Waals surface area contributed by atoms with Crippen LogP contribution in [0.3, 0.4) is 0 Å². The molecule has 2 N–H and O–H groups in total. The zero-order chi connectivity index (χ0) is 16.1. The standard InChI is InChI=1S/C16H14Cl2N2O2/c1-10-4-2-5-11(8-10)9-19-15(21)16(22)20-13-7-3-6-12(17)14(13)18/h2-8H,9H2,1H3,(H,19,21)(H,20,22). The van der Waals surface area contributed by atoms with Crippen molar-refractivity contribution in [3.63, 3.8) is 0 Å². The van der Waals surface area contributed by atoms with E-state index in [-0.39, 0.29) is 11.6 Å². The Morgan fingerprint density at radius 3 is 2.50 bits per heavy atom. The molecule has 2 amide bonds. The van der Waals surface area contributed by atoms with Crippen molar-refractivity contribution in [3.8, 4) is 0 Å². The van der Waals surface area contributed by atoms with Crippen molar-refractivity contribution in [3.05, 3.63) is 63.6 Å². The van der Waals surface area contributed by atoms with Gasteiger partial charge in [-0.25, -0.2) is 0 Å². The number of carbonyl (C=O) groups is 2. The van der Waals surface area contributed by atoms with Gasteiger partial charge in [-0.05, 0) is 24.6 Å². The van der Waals surface area contributed by atoms with Gasteiger partial charge in [0.25, 0.3) is 0 Å². The molecule has 0 aliphatic rings. The van der Waals surface area contributed by atoms with E-state index in [0.717, 1.165) is 11.1 Å². The number of rotatable bonds is 3. The third-order valence-corrected chi connectivity index (χ3v) is 3.76. The number of benzene rings is 2. The first-order valence-electron chi connectivity index (χ1n) is 6.56. The Morgan fingerprint density at radius 1 is 1.05 bits per heavy atom. The monoisotopic (exact) mass is 336 g/mol. The van der Waals surface area contributed by atoms with Crippen LogP contribution in [0.4, 0.5) is 5.69 Å². The van der Waals surface area contributed by atoms with Gasteiger partial charge >= 0.3 is 11.8 Å². The van der Waals surface area contributed by atoms with Gasteiger partial charge in [0, 0.05) is 6.54 Å².